The number of methoxy groups -OCH3 is 1. The predicted molar refractivity (Wildman–Crippen MR) is 143 cm³/mol. The smallest absolute Gasteiger partial charge is 0.229 e. The Morgan fingerprint density at radius 1 is 0.837 bits per heavy atom. The summed E-state index contributed by atoms with van der Waals surface area (Å²) in [5, 5.41) is 92.3. The number of aromatic hydroxyl groups is 3. The van der Waals surface area contributed by atoms with Crippen molar-refractivity contribution < 1.29 is 74.4 Å². The maximum Gasteiger partial charge on any atom is 0.229 e. The highest BCUT2D eigenvalue weighted by Gasteiger charge is 2.51. The number of ether oxygens (including phenoxy) is 5. The van der Waals surface area contributed by atoms with E-state index in [1.807, 2.05) is 0 Å². The number of carbonyl (C=O) groups is 1. The molecule has 0 aliphatic carbocycles. The van der Waals surface area contributed by atoms with Gasteiger partial charge in [0.05, 0.1) is 19.8 Å². The molecule has 0 spiro atoms. The van der Waals surface area contributed by atoms with Crippen LogP contribution < -0.4 is 9.47 Å². The van der Waals surface area contributed by atoms with Crippen LogP contribution in [0.1, 0.15) is 29.3 Å². The van der Waals surface area contributed by atoms with Gasteiger partial charge in [-0.25, -0.2) is 0 Å². The Morgan fingerprint density at radius 2 is 1.51 bits per heavy atom. The number of phenolic OH excluding ortho intramolecular Hbond substituents is 3. The van der Waals surface area contributed by atoms with E-state index in [0.29, 0.717) is 5.56 Å². The molecule has 0 radical (unpaired) electrons. The summed E-state index contributed by atoms with van der Waals surface area (Å²) >= 11 is 0. The topological polar surface area (TPSA) is 245 Å². The first kappa shape index (κ1) is 32.7. The Kier molecular flexibility index (Phi) is 10.3. The van der Waals surface area contributed by atoms with Crippen LogP contribution in [-0.2, 0) is 20.6 Å². The number of aryl methyl sites for hydroxylation is 1. The number of ketones is 1. The molecule has 2 fully saturated rings. The van der Waals surface area contributed by atoms with E-state index < -0.39 is 90.9 Å². The normalized spacial score (nSPS) is 32.7. The van der Waals surface area contributed by atoms with Crippen LogP contribution in [0.3, 0.4) is 0 Å². The lowest BCUT2D eigenvalue weighted by molar-refractivity contribution is -0.354. The van der Waals surface area contributed by atoms with Gasteiger partial charge < -0.3 is 69.6 Å². The summed E-state index contributed by atoms with van der Waals surface area (Å²) in [6.07, 6.45) is -15.5. The molecule has 43 heavy (non-hydrogen) atoms. The molecule has 0 bridgehead atoms. The fourth-order valence-corrected chi connectivity index (χ4v) is 4.93. The van der Waals surface area contributed by atoms with Gasteiger partial charge in [0.15, 0.2) is 29.7 Å². The highest BCUT2D eigenvalue weighted by atomic mass is 16.8. The van der Waals surface area contributed by atoms with Crippen LogP contribution in [0.5, 0.6) is 28.7 Å². The van der Waals surface area contributed by atoms with Crippen molar-refractivity contribution >= 4 is 5.78 Å². The molecule has 4 rings (SSSR count). The fourth-order valence-electron chi connectivity index (χ4n) is 4.93. The quantitative estimate of drug-likeness (QED) is 0.141. The predicted octanol–water partition coefficient (Wildman–Crippen LogP) is -1.34. The Balaban J connectivity index is 1.51. The molecular weight excluding hydrogens is 576 g/mol. The molecule has 0 saturated carbocycles. The summed E-state index contributed by atoms with van der Waals surface area (Å²) in [4.78, 5) is 12.9. The van der Waals surface area contributed by atoms with E-state index in [2.05, 4.69) is 0 Å². The largest absolute Gasteiger partial charge is 0.507 e. The van der Waals surface area contributed by atoms with Crippen LogP contribution in [0, 0.1) is 0 Å². The molecule has 0 aromatic heterocycles. The van der Waals surface area contributed by atoms with E-state index in [4.69, 9.17) is 23.7 Å². The molecule has 2 aromatic carbocycles. The van der Waals surface area contributed by atoms with Gasteiger partial charge in [-0.15, -0.1) is 0 Å². The van der Waals surface area contributed by atoms with Crippen LogP contribution in [-0.4, -0.2) is 127 Å². The molecule has 2 aliphatic heterocycles. The summed E-state index contributed by atoms with van der Waals surface area (Å²) in [7, 11) is 1.40. The number of hydrogen-bond donors (Lipinski definition) is 9. The number of carbonyl (C=O) groups excluding carboxylic acids is 1. The third kappa shape index (κ3) is 6.95. The molecule has 10 atom stereocenters. The van der Waals surface area contributed by atoms with E-state index >= 15 is 0 Å². The van der Waals surface area contributed by atoms with E-state index in [0.717, 1.165) is 12.1 Å². The van der Waals surface area contributed by atoms with Gasteiger partial charge in [0, 0.05) is 18.6 Å². The number of aliphatic hydroxyl groups excluding tert-OH is 6. The van der Waals surface area contributed by atoms with Gasteiger partial charge in [0.1, 0.15) is 59.4 Å². The van der Waals surface area contributed by atoms with Crippen LogP contribution >= 0.6 is 0 Å². The maximum atomic E-state index is 12.9. The standard InChI is InChI=1S/C28H36O15/c1-11-21(34)23(36)25(38)27(40-11)43-26-24(37)22(35)19(10-29)42-28(26)41-13-8-16(32)20(17(33)9-13)14(30)5-3-12-4-6-18(39-2)15(31)7-12/h4,6-9,11,19,21-29,31-38H,3,5,10H2,1-2H3/t11-,19+,21-,22+,23-,24+,25+,26-,27-,28+/m0/s1. The number of benzene rings is 2. The van der Waals surface area contributed by atoms with E-state index in [1.54, 1.807) is 6.07 Å². The van der Waals surface area contributed by atoms with Gasteiger partial charge in [-0.1, -0.05) is 6.07 Å². The lowest BCUT2D eigenvalue weighted by atomic mass is 9.97. The second-order valence-electron chi connectivity index (χ2n) is 10.4. The fraction of sp³-hybridized carbons (Fsp3) is 0.536. The third-order valence-electron chi connectivity index (χ3n) is 7.41. The van der Waals surface area contributed by atoms with Crippen molar-refractivity contribution in [2.75, 3.05) is 13.7 Å². The van der Waals surface area contributed by atoms with Gasteiger partial charge in [0.2, 0.25) is 6.29 Å². The lowest BCUT2D eigenvalue weighted by Crippen LogP contribution is -2.64. The zero-order valence-electron chi connectivity index (χ0n) is 23.3. The summed E-state index contributed by atoms with van der Waals surface area (Å²) in [6, 6.07) is 6.59. The molecule has 15 heteroatoms. The molecule has 2 saturated heterocycles. The molecule has 2 aliphatic rings. The van der Waals surface area contributed by atoms with Crippen molar-refractivity contribution in [3.8, 4) is 28.7 Å². The molecule has 2 aromatic rings. The summed E-state index contributed by atoms with van der Waals surface area (Å²) in [6.45, 7) is 0.662. The second-order valence-corrected chi connectivity index (χ2v) is 10.4. The first-order valence-corrected chi connectivity index (χ1v) is 13.5. The molecular formula is C28H36O15. The minimum Gasteiger partial charge on any atom is -0.507 e. The Bertz CT molecular complexity index is 1250. The molecule has 238 valence electrons. The number of phenols is 3. The highest BCUT2D eigenvalue weighted by molar-refractivity contribution is 6.01. The first-order valence-electron chi connectivity index (χ1n) is 13.5. The van der Waals surface area contributed by atoms with Gasteiger partial charge in [0.25, 0.3) is 0 Å². The minimum atomic E-state index is -1.79. The Morgan fingerprint density at radius 3 is 2.12 bits per heavy atom. The second kappa shape index (κ2) is 13.6. The van der Waals surface area contributed by atoms with Crippen LogP contribution in [0.4, 0.5) is 0 Å². The summed E-state index contributed by atoms with van der Waals surface area (Å²) < 4.78 is 27.2. The molecule has 0 amide bonds. The molecule has 2 heterocycles. The SMILES string of the molecule is COc1ccc(CCC(=O)c2c(O)cc(O[C@@H]3O[C@H](CO)[C@@H](O)[C@@H](O)[C@@H]3O[C@@H]3O[C@@H](C)[C@H](O)[C@H](O)[C@H]3O)cc2O)cc1O. The third-order valence-corrected chi connectivity index (χ3v) is 7.41. The number of Topliss-reactive ketones (excluding diaryl/α,β-unsaturated/α-hetero) is 1. The molecule has 0 unspecified atom stereocenters. The van der Waals surface area contributed by atoms with Crippen molar-refractivity contribution in [3.05, 3.63) is 41.5 Å². The van der Waals surface area contributed by atoms with Crippen LogP contribution in [0.2, 0.25) is 0 Å². The van der Waals surface area contributed by atoms with Gasteiger partial charge in [-0.3, -0.25) is 4.79 Å². The van der Waals surface area contributed by atoms with Crippen molar-refractivity contribution in [1.82, 2.24) is 0 Å². The zero-order chi connectivity index (χ0) is 31.6. The van der Waals surface area contributed by atoms with E-state index in [1.165, 1.54) is 26.2 Å². The summed E-state index contributed by atoms with van der Waals surface area (Å²) in [5.74, 6) is -2.04. The highest BCUT2D eigenvalue weighted by Crippen LogP contribution is 2.37. The van der Waals surface area contributed by atoms with Crippen molar-refractivity contribution in [2.24, 2.45) is 0 Å². The average Bonchev–Trinajstić information content (AvgIpc) is 2.96. The average molecular weight is 613 g/mol. The molecule has 9 N–H and O–H groups in total. The minimum absolute atomic E-state index is 0.110. The van der Waals surface area contributed by atoms with Crippen molar-refractivity contribution in [2.45, 2.75) is 81.2 Å². The van der Waals surface area contributed by atoms with Crippen molar-refractivity contribution in [3.63, 3.8) is 0 Å². The van der Waals surface area contributed by atoms with Crippen molar-refractivity contribution in [1.29, 1.82) is 0 Å². The Labute approximate surface area is 245 Å². The van der Waals surface area contributed by atoms with Gasteiger partial charge >= 0.3 is 0 Å². The number of hydrogen-bond acceptors (Lipinski definition) is 15. The monoisotopic (exact) mass is 612 g/mol. The molecule has 15 nitrogen and oxygen atoms in total. The van der Waals surface area contributed by atoms with Gasteiger partial charge in [-0.05, 0) is 31.0 Å². The van der Waals surface area contributed by atoms with Gasteiger partial charge in [-0.2, -0.15) is 0 Å². The zero-order valence-corrected chi connectivity index (χ0v) is 23.3. The lowest BCUT2D eigenvalue weighted by Gasteiger charge is -2.45. The van der Waals surface area contributed by atoms with Crippen LogP contribution in [0.25, 0.3) is 0 Å². The first-order chi connectivity index (χ1) is 20.4. The van der Waals surface area contributed by atoms with Crippen LogP contribution in [0.15, 0.2) is 30.3 Å². The number of rotatable bonds is 10. The van der Waals surface area contributed by atoms with E-state index in [9.17, 15) is 50.8 Å². The number of aliphatic hydroxyl groups is 6. The maximum absolute atomic E-state index is 12.9. The Hall–Kier alpha value is -3.25. The van der Waals surface area contributed by atoms with E-state index in [-0.39, 0.29) is 30.1 Å². The summed E-state index contributed by atoms with van der Waals surface area (Å²) in [5.41, 5.74) is 0.208.